The van der Waals surface area contributed by atoms with Crippen LogP contribution in [0.3, 0.4) is 0 Å². The quantitative estimate of drug-likeness (QED) is 0.557. The Balaban J connectivity index is 1.98. The maximum atomic E-state index is 12.7. The first kappa shape index (κ1) is 23.7. The van der Waals surface area contributed by atoms with Crippen molar-refractivity contribution in [2.75, 3.05) is 12.3 Å². The molecule has 1 amide bonds. The van der Waals surface area contributed by atoms with Crippen molar-refractivity contribution in [3.63, 3.8) is 0 Å². The van der Waals surface area contributed by atoms with E-state index in [1.165, 1.54) is 0 Å². The van der Waals surface area contributed by atoms with Gasteiger partial charge >= 0.3 is 13.2 Å². The second-order valence-electron chi connectivity index (χ2n) is 9.26. The summed E-state index contributed by atoms with van der Waals surface area (Å²) in [4.78, 5) is 11.8. The fraction of sp³-hybridized carbons (Fsp3) is 0.650. The lowest BCUT2D eigenvalue weighted by Crippen LogP contribution is -2.41. The highest BCUT2D eigenvalue weighted by Gasteiger charge is 2.51. The van der Waals surface area contributed by atoms with Crippen LogP contribution in [0.1, 0.15) is 54.9 Å². The lowest BCUT2D eigenvalue weighted by molar-refractivity contribution is 0.00578. The number of benzene rings is 1. The van der Waals surface area contributed by atoms with Crippen molar-refractivity contribution in [1.82, 2.24) is 5.32 Å². The molecule has 2 rings (SSSR count). The average molecular weight is 425 g/mol. The number of hydrogen-bond donors (Lipinski definition) is 1. The fourth-order valence-corrected chi connectivity index (χ4v) is 4.08. The Morgan fingerprint density at radius 2 is 1.72 bits per heavy atom. The predicted octanol–water partition coefficient (Wildman–Crippen LogP) is 2.67. The first-order valence-corrected chi connectivity index (χ1v) is 11.4. The Morgan fingerprint density at radius 3 is 2.28 bits per heavy atom. The first-order valence-electron chi connectivity index (χ1n) is 9.78. The molecule has 7 nitrogen and oxygen atoms in total. The molecule has 1 aromatic carbocycles. The van der Waals surface area contributed by atoms with Gasteiger partial charge in [0.05, 0.1) is 21.9 Å². The summed E-state index contributed by atoms with van der Waals surface area (Å²) in [5.74, 6) is -0.0877. The standard InChI is InChI=1S/C20H32BNO6S/c1-18(2,3)26-17(23)22-12-9-13-29(24,25)16-11-8-10-15(14-16)21-27-19(4,5)20(6,7)28-21/h8,10-11,14H,9,12-13H2,1-7H3,(H,22,23). The van der Waals surface area contributed by atoms with E-state index < -0.39 is 39.9 Å². The van der Waals surface area contributed by atoms with E-state index in [-0.39, 0.29) is 23.6 Å². The Bertz CT molecular complexity index is 829. The third-order valence-electron chi connectivity index (χ3n) is 5.00. The van der Waals surface area contributed by atoms with Crippen LogP contribution in [0.4, 0.5) is 4.79 Å². The molecule has 0 saturated carbocycles. The number of ether oxygens (including phenoxy) is 1. The number of alkyl carbamates (subject to hydrolysis) is 1. The lowest BCUT2D eigenvalue weighted by Gasteiger charge is -2.32. The third kappa shape index (κ3) is 6.20. The summed E-state index contributed by atoms with van der Waals surface area (Å²) < 4.78 is 42.5. The summed E-state index contributed by atoms with van der Waals surface area (Å²) in [6.07, 6.45) is -0.278. The largest absolute Gasteiger partial charge is 0.494 e. The molecule has 1 N–H and O–H groups in total. The summed E-state index contributed by atoms with van der Waals surface area (Å²) >= 11 is 0. The molecule has 0 radical (unpaired) electrons. The number of nitrogens with one attached hydrogen (secondary N) is 1. The van der Waals surface area contributed by atoms with Crippen LogP contribution in [-0.2, 0) is 23.9 Å². The van der Waals surface area contributed by atoms with Crippen molar-refractivity contribution >= 4 is 28.5 Å². The van der Waals surface area contributed by atoms with Crippen molar-refractivity contribution in [2.45, 2.75) is 76.6 Å². The molecule has 9 heteroatoms. The van der Waals surface area contributed by atoms with E-state index in [1.54, 1.807) is 45.0 Å². The topological polar surface area (TPSA) is 90.9 Å². The molecule has 1 aromatic rings. The minimum absolute atomic E-state index is 0.0877. The molecule has 1 aliphatic rings. The van der Waals surface area contributed by atoms with Gasteiger partial charge in [0.15, 0.2) is 9.84 Å². The van der Waals surface area contributed by atoms with E-state index in [1.807, 2.05) is 27.7 Å². The van der Waals surface area contributed by atoms with Gasteiger partial charge in [0, 0.05) is 6.54 Å². The molecular formula is C20H32BNO6S. The smallest absolute Gasteiger partial charge is 0.444 e. The average Bonchev–Trinajstić information content (AvgIpc) is 2.78. The first-order chi connectivity index (χ1) is 13.1. The van der Waals surface area contributed by atoms with Crippen LogP contribution in [0.25, 0.3) is 0 Å². The highest BCUT2D eigenvalue weighted by molar-refractivity contribution is 7.91. The summed E-state index contributed by atoms with van der Waals surface area (Å²) in [5, 5.41) is 2.57. The number of rotatable bonds is 6. The molecule has 162 valence electrons. The molecule has 1 aliphatic heterocycles. The van der Waals surface area contributed by atoms with Gasteiger partial charge in [-0.3, -0.25) is 0 Å². The van der Waals surface area contributed by atoms with Crippen molar-refractivity contribution in [3.05, 3.63) is 24.3 Å². The van der Waals surface area contributed by atoms with Gasteiger partial charge in [-0.1, -0.05) is 12.1 Å². The maximum absolute atomic E-state index is 12.7. The summed E-state index contributed by atoms with van der Waals surface area (Å²) in [5.41, 5.74) is -0.930. The second kappa shape index (κ2) is 8.28. The molecule has 1 fully saturated rings. The SMILES string of the molecule is CC(C)(C)OC(=O)NCCCS(=O)(=O)c1cccc(B2OC(C)(C)C(C)(C)O2)c1. The van der Waals surface area contributed by atoms with Crippen LogP contribution in [0, 0.1) is 0 Å². The van der Waals surface area contributed by atoms with Gasteiger partial charge in [-0.05, 0) is 72.5 Å². The molecule has 0 aliphatic carbocycles. The summed E-state index contributed by atoms with van der Waals surface area (Å²) in [7, 11) is -4.13. The molecular weight excluding hydrogens is 393 g/mol. The highest BCUT2D eigenvalue weighted by Crippen LogP contribution is 2.36. The Morgan fingerprint density at radius 1 is 1.14 bits per heavy atom. The zero-order valence-corrected chi connectivity index (χ0v) is 19.2. The van der Waals surface area contributed by atoms with Crippen LogP contribution in [-0.4, -0.2) is 50.7 Å². The van der Waals surface area contributed by atoms with Crippen LogP contribution < -0.4 is 10.8 Å². The van der Waals surface area contributed by atoms with Gasteiger partial charge in [-0.15, -0.1) is 0 Å². The molecule has 29 heavy (non-hydrogen) atoms. The van der Waals surface area contributed by atoms with Crippen molar-refractivity contribution in [2.24, 2.45) is 0 Å². The second-order valence-corrected chi connectivity index (χ2v) is 11.4. The van der Waals surface area contributed by atoms with E-state index in [9.17, 15) is 13.2 Å². The minimum atomic E-state index is -3.51. The van der Waals surface area contributed by atoms with Crippen LogP contribution in [0.2, 0.25) is 0 Å². The van der Waals surface area contributed by atoms with E-state index in [0.29, 0.717) is 5.46 Å². The highest BCUT2D eigenvalue weighted by atomic mass is 32.2. The zero-order valence-electron chi connectivity index (χ0n) is 18.4. The monoisotopic (exact) mass is 425 g/mol. The van der Waals surface area contributed by atoms with Crippen LogP contribution in [0.5, 0.6) is 0 Å². The van der Waals surface area contributed by atoms with Gasteiger partial charge in [-0.25, -0.2) is 13.2 Å². The number of sulfone groups is 1. The normalized spacial score (nSPS) is 18.5. The summed E-state index contributed by atoms with van der Waals surface area (Å²) in [6.45, 7) is 13.3. The van der Waals surface area contributed by atoms with Gasteiger partial charge in [0.1, 0.15) is 5.60 Å². The minimum Gasteiger partial charge on any atom is -0.444 e. The third-order valence-corrected chi connectivity index (χ3v) is 6.80. The molecule has 0 spiro atoms. The maximum Gasteiger partial charge on any atom is 0.494 e. The summed E-state index contributed by atoms with van der Waals surface area (Å²) in [6, 6.07) is 6.64. The number of carbonyl (C=O) groups is 1. The van der Waals surface area contributed by atoms with E-state index in [2.05, 4.69) is 5.32 Å². The molecule has 0 aromatic heterocycles. The van der Waals surface area contributed by atoms with Crippen LogP contribution >= 0.6 is 0 Å². The molecule has 1 heterocycles. The van der Waals surface area contributed by atoms with Gasteiger partial charge in [-0.2, -0.15) is 0 Å². The molecule has 1 saturated heterocycles. The van der Waals surface area contributed by atoms with Gasteiger partial charge in [0.25, 0.3) is 0 Å². The fourth-order valence-electron chi connectivity index (χ4n) is 2.72. The molecule has 0 atom stereocenters. The Hall–Kier alpha value is -1.58. The predicted molar refractivity (Wildman–Crippen MR) is 113 cm³/mol. The van der Waals surface area contributed by atoms with Gasteiger partial charge in [0.2, 0.25) is 0 Å². The van der Waals surface area contributed by atoms with E-state index in [0.717, 1.165) is 0 Å². The lowest BCUT2D eigenvalue weighted by atomic mass is 9.79. The van der Waals surface area contributed by atoms with Crippen molar-refractivity contribution < 1.29 is 27.3 Å². The Labute approximate surface area is 174 Å². The van der Waals surface area contributed by atoms with E-state index >= 15 is 0 Å². The number of carbonyl (C=O) groups excluding carboxylic acids is 1. The number of hydrogen-bond acceptors (Lipinski definition) is 6. The van der Waals surface area contributed by atoms with E-state index in [4.69, 9.17) is 14.0 Å². The molecule has 0 unspecified atom stereocenters. The van der Waals surface area contributed by atoms with Crippen molar-refractivity contribution in [3.8, 4) is 0 Å². The zero-order chi connectivity index (χ0) is 22.1. The van der Waals surface area contributed by atoms with Crippen molar-refractivity contribution in [1.29, 1.82) is 0 Å². The van der Waals surface area contributed by atoms with Crippen LogP contribution in [0.15, 0.2) is 29.2 Å². The number of amides is 1. The van der Waals surface area contributed by atoms with Gasteiger partial charge < -0.3 is 19.4 Å². The molecule has 0 bridgehead atoms. The Kier molecular flexibility index (Phi) is 6.77.